The highest BCUT2D eigenvalue weighted by Crippen LogP contribution is 2.20. The van der Waals surface area contributed by atoms with E-state index in [0.29, 0.717) is 4.60 Å². The first-order valence-corrected chi connectivity index (χ1v) is 7.52. The number of hydrogen-bond acceptors (Lipinski definition) is 6. The van der Waals surface area contributed by atoms with Crippen LogP contribution in [0.2, 0.25) is 0 Å². The molecule has 0 bridgehead atoms. The number of halogens is 2. The van der Waals surface area contributed by atoms with Gasteiger partial charge in [0.25, 0.3) is 10.0 Å². The Labute approximate surface area is 119 Å². The van der Waals surface area contributed by atoms with E-state index in [-0.39, 0.29) is 15.4 Å². The van der Waals surface area contributed by atoms with Crippen LogP contribution in [0.25, 0.3) is 0 Å². The second kappa shape index (κ2) is 4.90. The van der Waals surface area contributed by atoms with Crippen LogP contribution in [0.5, 0.6) is 0 Å². The summed E-state index contributed by atoms with van der Waals surface area (Å²) in [6.45, 7) is 0. The molecule has 0 saturated heterocycles. The number of sulfonamides is 1. The van der Waals surface area contributed by atoms with E-state index in [2.05, 4.69) is 56.9 Å². The molecule has 0 aliphatic heterocycles. The van der Waals surface area contributed by atoms with Crippen LogP contribution in [0, 0.1) is 0 Å². The van der Waals surface area contributed by atoms with Gasteiger partial charge in [-0.1, -0.05) is 5.21 Å². The van der Waals surface area contributed by atoms with Crippen LogP contribution in [0.4, 0.5) is 5.82 Å². The van der Waals surface area contributed by atoms with Gasteiger partial charge in [-0.15, -0.1) is 5.10 Å². The highest BCUT2D eigenvalue weighted by Gasteiger charge is 2.24. The van der Waals surface area contributed by atoms with Gasteiger partial charge in [0.2, 0.25) is 5.03 Å². The highest BCUT2D eigenvalue weighted by atomic mass is 79.9. The maximum atomic E-state index is 12.1. The lowest BCUT2D eigenvalue weighted by molar-refractivity contribution is 0.578. The van der Waals surface area contributed by atoms with Crippen molar-refractivity contribution in [3.63, 3.8) is 0 Å². The molecule has 0 aliphatic rings. The number of rotatable bonds is 3. The van der Waals surface area contributed by atoms with E-state index in [4.69, 9.17) is 0 Å². The van der Waals surface area contributed by atoms with E-state index in [9.17, 15) is 8.42 Å². The first-order valence-electron chi connectivity index (χ1n) is 4.45. The molecule has 0 unspecified atom stereocenters. The number of aryl methyl sites for hydroxylation is 1. The summed E-state index contributed by atoms with van der Waals surface area (Å²) in [5.74, 6) is 0.103. The van der Waals surface area contributed by atoms with Crippen molar-refractivity contribution in [1.29, 1.82) is 0 Å². The molecule has 96 valence electrons. The molecule has 2 aromatic rings. The first-order chi connectivity index (χ1) is 8.40. The van der Waals surface area contributed by atoms with Crippen molar-refractivity contribution in [1.82, 2.24) is 25.0 Å². The molecule has 0 spiro atoms. The molecule has 0 saturated carbocycles. The predicted octanol–water partition coefficient (Wildman–Crippen LogP) is 0.931. The topological polar surface area (TPSA) is 103 Å². The maximum absolute atomic E-state index is 12.1. The Morgan fingerprint density at radius 1 is 1.28 bits per heavy atom. The predicted molar refractivity (Wildman–Crippen MR) is 69.2 cm³/mol. The number of hydrogen-bond donors (Lipinski definition) is 1. The van der Waals surface area contributed by atoms with Crippen molar-refractivity contribution in [2.24, 2.45) is 7.05 Å². The second-order valence-electron chi connectivity index (χ2n) is 3.14. The molecule has 18 heavy (non-hydrogen) atoms. The Morgan fingerprint density at radius 2 is 2.00 bits per heavy atom. The molecule has 0 fully saturated rings. The van der Waals surface area contributed by atoms with Gasteiger partial charge in [0.05, 0.1) is 12.4 Å². The monoisotopic (exact) mass is 396 g/mol. The summed E-state index contributed by atoms with van der Waals surface area (Å²) >= 11 is 6.13. The molecule has 11 heteroatoms. The summed E-state index contributed by atoms with van der Waals surface area (Å²) < 4.78 is 28.2. The fraction of sp³-hybridized carbons (Fsp3) is 0.143. The van der Waals surface area contributed by atoms with E-state index in [1.807, 2.05) is 0 Å². The normalized spacial score (nSPS) is 11.5. The van der Waals surface area contributed by atoms with E-state index in [0.717, 1.165) is 4.68 Å². The SMILES string of the molecule is Cn1nnc(Br)c1S(=O)(=O)Nc1cnc(Br)cn1. The summed E-state index contributed by atoms with van der Waals surface area (Å²) in [6, 6.07) is 0. The molecule has 0 amide bonds. The van der Waals surface area contributed by atoms with Gasteiger partial charge in [-0.05, 0) is 31.9 Å². The first kappa shape index (κ1) is 13.4. The molecular formula is C7H6Br2N6O2S. The largest absolute Gasteiger partial charge is 0.283 e. The number of nitrogens with one attached hydrogen (secondary N) is 1. The fourth-order valence-corrected chi connectivity index (χ4v) is 3.45. The van der Waals surface area contributed by atoms with Gasteiger partial charge in [-0.3, -0.25) is 4.72 Å². The molecule has 2 aromatic heterocycles. The molecule has 8 nitrogen and oxygen atoms in total. The molecule has 0 atom stereocenters. The van der Waals surface area contributed by atoms with Crippen LogP contribution in [-0.2, 0) is 17.1 Å². The average Bonchev–Trinajstić information content (AvgIpc) is 2.62. The van der Waals surface area contributed by atoms with Gasteiger partial charge in [0, 0.05) is 7.05 Å². The van der Waals surface area contributed by atoms with Crippen molar-refractivity contribution in [2.45, 2.75) is 5.03 Å². The third-order valence-electron chi connectivity index (χ3n) is 1.85. The third-order valence-corrected chi connectivity index (χ3v) is 4.50. The van der Waals surface area contributed by atoms with Crippen molar-refractivity contribution in [3.05, 3.63) is 21.6 Å². The van der Waals surface area contributed by atoms with Gasteiger partial charge in [0.15, 0.2) is 10.4 Å². The zero-order valence-corrected chi connectivity index (χ0v) is 12.9. The zero-order valence-electron chi connectivity index (χ0n) is 8.87. The zero-order chi connectivity index (χ0) is 13.3. The van der Waals surface area contributed by atoms with Gasteiger partial charge < -0.3 is 0 Å². The van der Waals surface area contributed by atoms with Gasteiger partial charge in [-0.25, -0.2) is 14.6 Å². The van der Waals surface area contributed by atoms with Crippen LogP contribution < -0.4 is 4.72 Å². The number of anilines is 1. The number of nitrogens with zero attached hydrogens (tertiary/aromatic N) is 5. The standard InChI is InChI=1S/C7H6Br2N6O2S/c1-15-7(6(9)12-14-15)18(16,17)13-5-3-10-4(8)2-11-5/h2-3H,1H3,(H,11,13). The fourth-order valence-electron chi connectivity index (χ4n) is 1.16. The smallest absolute Gasteiger partial charge is 0.261 e. The highest BCUT2D eigenvalue weighted by molar-refractivity contribution is 9.10. The van der Waals surface area contributed by atoms with Gasteiger partial charge in [-0.2, -0.15) is 8.42 Å². The van der Waals surface area contributed by atoms with Crippen molar-refractivity contribution in [2.75, 3.05) is 4.72 Å². The van der Waals surface area contributed by atoms with E-state index >= 15 is 0 Å². The lowest BCUT2D eigenvalue weighted by atomic mass is 10.7. The molecule has 1 N–H and O–H groups in total. The minimum absolute atomic E-state index is 0.0905. The summed E-state index contributed by atoms with van der Waals surface area (Å²) in [5.41, 5.74) is 0. The Kier molecular flexibility index (Phi) is 3.64. The Morgan fingerprint density at radius 3 is 2.50 bits per heavy atom. The average molecular weight is 398 g/mol. The van der Waals surface area contributed by atoms with Crippen molar-refractivity contribution < 1.29 is 8.42 Å². The molecular weight excluding hydrogens is 392 g/mol. The summed E-state index contributed by atoms with van der Waals surface area (Å²) in [4.78, 5) is 7.73. The lowest BCUT2D eigenvalue weighted by Gasteiger charge is -2.06. The molecule has 2 rings (SSSR count). The summed E-state index contributed by atoms with van der Waals surface area (Å²) in [6.07, 6.45) is 2.67. The quantitative estimate of drug-likeness (QED) is 0.826. The molecule has 0 aliphatic carbocycles. The van der Waals surface area contributed by atoms with E-state index in [1.54, 1.807) is 0 Å². The summed E-state index contributed by atoms with van der Waals surface area (Å²) in [5, 5.41) is 7.11. The summed E-state index contributed by atoms with van der Waals surface area (Å²) in [7, 11) is -2.35. The molecule has 0 radical (unpaired) electrons. The maximum Gasteiger partial charge on any atom is 0.283 e. The Balaban J connectivity index is 2.36. The van der Waals surface area contributed by atoms with Crippen molar-refractivity contribution >= 4 is 47.7 Å². The number of aromatic nitrogens is 5. The van der Waals surface area contributed by atoms with Crippen LogP contribution in [0.3, 0.4) is 0 Å². The molecule has 0 aromatic carbocycles. The van der Waals surface area contributed by atoms with E-state index in [1.165, 1.54) is 19.4 Å². The van der Waals surface area contributed by atoms with Crippen LogP contribution in [0.1, 0.15) is 0 Å². The van der Waals surface area contributed by atoms with Gasteiger partial charge in [0.1, 0.15) is 4.60 Å². The van der Waals surface area contributed by atoms with E-state index < -0.39 is 10.0 Å². The Bertz CT molecular complexity index is 648. The van der Waals surface area contributed by atoms with Crippen LogP contribution in [-0.4, -0.2) is 33.4 Å². The lowest BCUT2D eigenvalue weighted by Crippen LogP contribution is -2.18. The van der Waals surface area contributed by atoms with Crippen LogP contribution in [0.15, 0.2) is 26.6 Å². The molecule has 2 heterocycles. The van der Waals surface area contributed by atoms with Crippen LogP contribution >= 0.6 is 31.9 Å². The van der Waals surface area contributed by atoms with Gasteiger partial charge >= 0.3 is 0 Å². The second-order valence-corrected chi connectivity index (χ2v) is 6.30. The van der Waals surface area contributed by atoms with Crippen molar-refractivity contribution in [3.8, 4) is 0 Å². The minimum Gasteiger partial charge on any atom is -0.261 e. The minimum atomic E-state index is -3.82. The Hall–Kier alpha value is -1.07. The third kappa shape index (κ3) is 2.67.